The van der Waals surface area contributed by atoms with E-state index >= 15 is 0 Å². The molecule has 0 saturated carbocycles. The molecule has 0 unspecified atom stereocenters. The van der Waals surface area contributed by atoms with Crippen LogP contribution in [0.5, 0.6) is 5.75 Å². The van der Waals surface area contributed by atoms with Crippen molar-refractivity contribution in [1.82, 2.24) is 0 Å². The van der Waals surface area contributed by atoms with E-state index in [0.717, 1.165) is 0 Å². The number of hydrogen-bond acceptors (Lipinski definition) is 6. The summed E-state index contributed by atoms with van der Waals surface area (Å²) in [7, 11) is 1.58. The second kappa shape index (κ2) is 5.23. The Hall–Kier alpha value is -1.18. The van der Waals surface area contributed by atoms with Crippen LogP contribution >= 0.6 is 0 Å². The molecule has 0 spiro atoms. The first-order valence-electron chi connectivity index (χ1n) is 6.92. The molecule has 6 nitrogen and oxygen atoms in total. The molecule has 6 heteroatoms. The predicted octanol–water partition coefficient (Wildman–Crippen LogP) is 0.966. The molecule has 1 aromatic rings. The van der Waals surface area contributed by atoms with E-state index in [2.05, 4.69) is 0 Å². The topological polar surface area (TPSA) is 77.4 Å². The highest BCUT2D eigenvalue weighted by atomic mass is 16.8. The van der Waals surface area contributed by atoms with Crippen LogP contribution in [0, 0.1) is 0 Å². The third kappa shape index (κ3) is 2.65. The maximum Gasteiger partial charge on any atom is 0.190 e. The molecule has 5 atom stereocenters. The fourth-order valence-electron chi connectivity index (χ4n) is 2.77. The van der Waals surface area contributed by atoms with Crippen molar-refractivity contribution in [3.63, 3.8) is 0 Å². The summed E-state index contributed by atoms with van der Waals surface area (Å²) < 4.78 is 21.9. The summed E-state index contributed by atoms with van der Waals surface area (Å²) in [4.78, 5) is 0. The van der Waals surface area contributed by atoms with Crippen molar-refractivity contribution in [2.75, 3.05) is 7.11 Å². The van der Waals surface area contributed by atoms with Crippen molar-refractivity contribution >= 4 is 0 Å². The van der Waals surface area contributed by atoms with E-state index in [9.17, 15) is 10.2 Å². The first kappa shape index (κ1) is 14.7. The molecule has 3 rings (SSSR count). The number of ether oxygens (including phenoxy) is 4. The Kier molecular flexibility index (Phi) is 3.67. The van der Waals surface area contributed by atoms with Gasteiger partial charge in [0.1, 0.15) is 30.2 Å². The molecular formula is C15H20O6. The van der Waals surface area contributed by atoms with Gasteiger partial charge in [0.25, 0.3) is 0 Å². The number of methoxy groups -OCH3 is 1. The average Bonchev–Trinajstić information content (AvgIpc) is 2.92. The third-order valence-electron chi connectivity index (χ3n) is 3.82. The SMILES string of the molecule is COc1ccc([C@H](O)[C@@H]2O[C@@H]3OC(C)(C)O[C@@H]3[C@H]2O)cc1. The summed E-state index contributed by atoms with van der Waals surface area (Å²) in [6, 6.07) is 6.96. The van der Waals surface area contributed by atoms with Crippen molar-refractivity contribution in [2.24, 2.45) is 0 Å². The summed E-state index contributed by atoms with van der Waals surface area (Å²) in [6.45, 7) is 3.52. The number of hydrogen-bond donors (Lipinski definition) is 2. The van der Waals surface area contributed by atoms with E-state index < -0.39 is 36.5 Å². The van der Waals surface area contributed by atoms with Crippen LogP contribution in [0.3, 0.4) is 0 Å². The van der Waals surface area contributed by atoms with Gasteiger partial charge in [-0.05, 0) is 31.5 Å². The van der Waals surface area contributed by atoms with E-state index in [1.54, 1.807) is 45.2 Å². The normalized spacial score (nSPS) is 35.5. The molecule has 2 saturated heterocycles. The van der Waals surface area contributed by atoms with Gasteiger partial charge in [0.2, 0.25) is 0 Å². The lowest BCUT2D eigenvalue weighted by Gasteiger charge is -2.26. The van der Waals surface area contributed by atoms with Gasteiger partial charge in [-0.3, -0.25) is 0 Å². The van der Waals surface area contributed by atoms with Gasteiger partial charge >= 0.3 is 0 Å². The average molecular weight is 296 g/mol. The maximum atomic E-state index is 10.4. The minimum absolute atomic E-state index is 0.585. The lowest BCUT2D eigenvalue weighted by atomic mass is 9.99. The minimum atomic E-state index is -0.966. The highest BCUT2D eigenvalue weighted by Gasteiger charge is 2.56. The van der Waals surface area contributed by atoms with Gasteiger partial charge in [0, 0.05) is 0 Å². The van der Waals surface area contributed by atoms with Gasteiger partial charge in [-0.25, -0.2) is 0 Å². The number of rotatable bonds is 3. The molecule has 0 aromatic heterocycles. The van der Waals surface area contributed by atoms with Gasteiger partial charge in [-0.2, -0.15) is 0 Å². The summed E-state index contributed by atoms with van der Waals surface area (Å²) in [6.07, 6.45) is -3.95. The second-order valence-electron chi connectivity index (χ2n) is 5.78. The van der Waals surface area contributed by atoms with Crippen LogP contribution in [0.4, 0.5) is 0 Å². The Bertz CT molecular complexity index is 499. The van der Waals surface area contributed by atoms with E-state index in [4.69, 9.17) is 18.9 Å². The van der Waals surface area contributed by atoms with Crippen LogP contribution in [0.25, 0.3) is 0 Å². The molecule has 21 heavy (non-hydrogen) atoms. The Morgan fingerprint density at radius 1 is 1.19 bits per heavy atom. The third-order valence-corrected chi connectivity index (χ3v) is 3.82. The zero-order valence-electron chi connectivity index (χ0n) is 12.2. The number of aliphatic hydroxyl groups is 2. The highest BCUT2D eigenvalue weighted by molar-refractivity contribution is 5.29. The standard InChI is InChI=1S/C15H20O6/c1-15(2)20-13-11(17)12(19-14(13)21-15)10(16)8-4-6-9(18-3)7-5-8/h4-7,10-14,16-17H,1-3H3/t10-,11-,12-,13+,14+/m0/s1. The van der Waals surface area contributed by atoms with Crippen molar-refractivity contribution < 1.29 is 29.2 Å². The Morgan fingerprint density at radius 3 is 2.43 bits per heavy atom. The molecule has 1 aromatic carbocycles. The lowest BCUT2D eigenvalue weighted by molar-refractivity contribution is -0.226. The summed E-state index contributed by atoms with van der Waals surface area (Å²) in [5.41, 5.74) is 0.638. The zero-order chi connectivity index (χ0) is 15.2. The van der Waals surface area contributed by atoms with Crippen LogP contribution in [-0.4, -0.2) is 47.7 Å². The highest BCUT2D eigenvalue weighted by Crippen LogP contribution is 2.40. The number of aliphatic hydroxyl groups excluding tert-OH is 2. The number of benzene rings is 1. The fraction of sp³-hybridized carbons (Fsp3) is 0.600. The predicted molar refractivity (Wildman–Crippen MR) is 72.7 cm³/mol. The van der Waals surface area contributed by atoms with Crippen molar-refractivity contribution in [3.8, 4) is 5.75 Å². The second-order valence-corrected chi connectivity index (χ2v) is 5.78. The lowest BCUT2D eigenvalue weighted by Crippen LogP contribution is -2.37. The van der Waals surface area contributed by atoms with Gasteiger partial charge in [-0.1, -0.05) is 12.1 Å². The molecule has 0 amide bonds. The molecule has 2 heterocycles. The Morgan fingerprint density at radius 2 is 1.86 bits per heavy atom. The molecule has 116 valence electrons. The quantitative estimate of drug-likeness (QED) is 0.865. The smallest absolute Gasteiger partial charge is 0.190 e. The largest absolute Gasteiger partial charge is 0.497 e. The van der Waals surface area contributed by atoms with Gasteiger partial charge in [0.05, 0.1) is 7.11 Å². The van der Waals surface area contributed by atoms with Crippen LogP contribution in [0.1, 0.15) is 25.5 Å². The summed E-state index contributed by atoms with van der Waals surface area (Å²) >= 11 is 0. The van der Waals surface area contributed by atoms with Crippen LogP contribution < -0.4 is 4.74 Å². The van der Waals surface area contributed by atoms with Crippen LogP contribution in [0.2, 0.25) is 0 Å². The molecule has 2 aliphatic heterocycles. The van der Waals surface area contributed by atoms with Crippen molar-refractivity contribution in [1.29, 1.82) is 0 Å². The van der Waals surface area contributed by atoms with E-state index in [-0.39, 0.29) is 0 Å². The molecule has 0 radical (unpaired) electrons. The van der Waals surface area contributed by atoms with Crippen molar-refractivity contribution in [3.05, 3.63) is 29.8 Å². The Labute approximate surface area is 123 Å². The molecule has 2 aliphatic rings. The fourth-order valence-corrected chi connectivity index (χ4v) is 2.77. The van der Waals surface area contributed by atoms with E-state index in [1.165, 1.54) is 0 Å². The zero-order valence-corrected chi connectivity index (χ0v) is 12.2. The maximum absolute atomic E-state index is 10.4. The Balaban J connectivity index is 1.73. The summed E-state index contributed by atoms with van der Waals surface area (Å²) in [5.74, 6) is -0.0871. The van der Waals surface area contributed by atoms with Crippen LogP contribution in [-0.2, 0) is 14.2 Å². The monoisotopic (exact) mass is 296 g/mol. The molecular weight excluding hydrogens is 276 g/mol. The summed E-state index contributed by atoms with van der Waals surface area (Å²) in [5, 5.41) is 20.7. The molecule has 2 fully saturated rings. The molecule has 0 bridgehead atoms. The van der Waals surface area contributed by atoms with E-state index in [1.807, 2.05) is 0 Å². The van der Waals surface area contributed by atoms with Crippen LogP contribution in [0.15, 0.2) is 24.3 Å². The van der Waals surface area contributed by atoms with Gasteiger partial charge < -0.3 is 29.2 Å². The van der Waals surface area contributed by atoms with Gasteiger partial charge in [-0.15, -0.1) is 0 Å². The number of fused-ring (bicyclic) bond motifs is 1. The van der Waals surface area contributed by atoms with Gasteiger partial charge in [0.15, 0.2) is 12.1 Å². The van der Waals surface area contributed by atoms with Crippen molar-refractivity contribution in [2.45, 2.75) is 50.3 Å². The van der Waals surface area contributed by atoms with E-state index in [0.29, 0.717) is 11.3 Å². The first-order valence-corrected chi connectivity index (χ1v) is 6.92. The minimum Gasteiger partial charge on any atom is -0.497 e. The first-order chi connectivity index (χ1) is 9.91. The molecule has 0 aliphatic carbocycles. The molecule has 2 N–H and O–H groups in total.